The number of hydrogen-bond acceptors (Lipinski definition) is 3. The molecule has 104 valence electrons. The second-order valence-corrected chi connectivity index (χ2v) is 4.26. The lowest BCUT2D eigenvalue weighted by Crippen LogP contribution is -2.13. The number of aromatic nitrogens is 2. The Morgan fingerprint density at radius 1 is 1.45 bits per heavy atom. The zero-order valence-electron chi connectivity index (χ0n) is 10.6. The first kappa shape index (κ1) is 13.7. The van der Waals surface area contributed by atoms with Crippen molar-refractivity contribution in [2.45, 2.75) is 13.5 Å². The minimum absolute atomic E-state index is 0.0704. The van der Waals surface area contributed by atoms with Crippen molar-refractivity contribution in [1.29, 1.82) is 0 Å². The minimum Gasteiger partial charge on any atom is -0.480 e. The maximum absolute atomic E-state index is 13.5. The van der Waals surface area contributed by atoms with Crippen molar-refractivity contribution in [2.75, 3.05) is 5.32 Å². The molecule has 0 aliphatic rings. The lowest BCUT2D eigenvalue weighted by Gasteiger charge is -2.05. The Balaban J connectivity index is 2.13. The summed E-state index contributed by atoms with van der Waals surface area (Å²) in [7, 11) is 0. The molecule has 0 saturated carbocycles. The van der Waals surface area contributed by atoms with E-state index in [0.29, 0.717) is 0 Å². The molecular formula is C13H12FN3O3. The number of carboxylic acids is 1. The zero-order valence-corrected chi connectivity index (χ0v) is 10.6. The number of aliphatic carboxylic acids is 1. The smallest absolute Gasteiger partial charge is 0.325 e. The van der Waals surface area contributed by atoms with Gasteiger partial charge in [-0.25, -0.2) is 4.39 Å². The van der Waals surface area contributed by atoms with E-state index in [2.05, 4.69) is 10.4 Å². The highest BCUT2D eigenvalue weighted by Gasteiger charge is 2.12. The van der Waals surface area contributed by atoms with Crippen LogP contribution in [0.3, 0.4) is 0 Å². The third-order valence-corrected chi connectivity index (χ3v) is 2.56. The predicted molar refractivity (Wildman–Crippen MR) is 69.0 cm³/mol. The lowest BCUT2D eigenvalue weighted by molar-refractivity contribution is -0.137. The van der Waals surface area contributed by atoms with Crippen LogP contribution in [0.2, 0.25) is 0 Å². The molecule has 1 aromatic carbocycles. The average Bonchev–Trinajstić information content (AvgIpc) is 2.81. The molecular weight excluding hydrogens is 265 g/mol. The van der Waals surface area contributed by atoms with Gasteiger partial charge in [0.15, 0.2) is 0 Å². The Bertz CT molecular complexity index is 667. The summed E-state index contributed by atoms with van der Waals surface area (Å²) >= 11 is 0. The number of amides is 1. The van der Waals surface area contributed by atoms with Crippen molar-refractivity contribution in [3.8, 4) is 0 Å². The molecule has 0 spiro atoms. The van der Waals surface area contributed by atoms with E-state index in [9.17, 15) is 14.0 Å². The topological polar surface area (TPSA) is 84.2 Å². The molecule has 0 unspecified atom stereocenters. The molecule has 0 fully saturated rings. The van der Waals surface area contributed by atoms with Crippen LogP contribution in [0.25, 0.3) is 0 Å². The van der Waals surface area contributed by atoms with Gasteiger partial charge >= 0.3 is 5.97 Å². The molecule has 20 heavy (non-hydrogen) atoms. The molecule has 0 bridgehead atoms. The van der Waals surface area contributed by atoms with Crippen molar-refractivity contribution in [1.82, 2.24) is 9.78 Å². The minimum atomic E-state index is -1.07. The van der Waals surface area contributed by atoms with E-state index in [1.807, 2.05) is 0 Å². The summed E-state index contributed by atoms with van der Waals surface area (Å²) in [6.07, 6.45) is 2.52. The summed E-state index contributed by atoms with van der Waals surface area (Å²) in [6.45, 7) is 1.44. The van der Waals surface area contributed by atoms with E-state index in [0.717, 1.165) is 10.2 Å². The van der Waals surface area contributed by atoms with Crippen LogP contribution in [0.4, 0.5) is 10.1 Å². The SMILES string of the molecule is Cc1ccc(F)c(NC(=O)c2cnn(CC(=O)O)c2)c1. The van der Waals surface area contributed by atoms with E-state index in [4.69, 9.17) is 5.11 Å². The van der Waals surface area contributed by atoms with E-state index in [1.165, 1.54) is 24.5 Å². The molecule has 6 nitrogen and oxygen atoms in total. The largest absolute Gasteiger partial charge is 0.480 e. The molecule has 2 rings (SSSR count). The van der Waals surface area contributed by atoms with Gasteiger partial charge < -0.3 is 10.4 Å². The van der Waals surface area contributed by atoms with Crippen molar-refractivity contribution in [2.24, 2.45) is 0 Å². The second kappa shape index (κ2) is 5.52. The van der Waals surface area contributed by atoms with E-state index >= 15 is 0 Å². The van der Waals surface area contributed by atoms with Gasteiger partial charge in [-0.2, -0.15) is 5.10 Å². The first-order valence-corrected chi connectivity index (χ1v) is 5.77. The maximum atomic E-state index is 13.5. The fourth-order valence-electron chi connectivity index (χ4n) is 1.64. The zero-order chi connectivity index (χ0) is 14.7. The number of nitrogens with one attached hydrogen (secondary N) is 1. The number of rotatable bonds is 4. The lowest BCUT2D eigenvalue weighted by atomic mass is 10.2. The molecule has 0 saturated heterocycles. The summed E-state index contributed by atoms with van der Waals surface area (Å²) in [4.78, 5) is 22.4. The highest BCUT2D eigenvalue weighted by molar-refractivity contribution is 6.04. The Morgan fingerprint density at radius 2 is 2.20 bits per heavy atom. The molecule has 0 radical (unpaired) electrons. The second-order valence-electron chi connectivity index (χ2n) is 4.26. The fraction of sp³-hybridized carbons (Fsp3) is 0.154. The van der Waals surface area contributed by atoms with Gasteiger partial charge in [-0.15, -0.1) is 0 Å². The Hall–Kier alpha value is -2.70. The van der Waals surface area contributed by atoms with Crippen LogP contribution in [0.5, 0.6) is 0 Å². The van der Waals surface area contributed by atoms with Gasteiger partial charge in [0.25, 0.3) is 5.91 Å². The van der Waals surface area contributed by atoms with Crippen molar-refractivity contribution < 1.29 is 19.1 Å². The average molecular weight is 277 g/mol. The normalized spacial score (nSPS) is 10.3. The van der Waals surface area contributed by atoms with Gasteiger partial charge in [0, 0.05) is 6.20 Å². The third kappa shape index (κ3) is 3.19. The van der Waals surface area contributed by atoms with Gasteiger partial charge in [0.1, 0.15) is 12.4 Å². The van der Waals surface area contributed by atoms with Crippen LogP contribution in [0.15, 0.2) is 30.6 Å². The molecule has 2 aromatic rings. The van der Waals surface area contributed by atoms with Crippen LogP contribution in [0.1, 0.15) is 15.9 Å². The third-order valence-electron chi connectivity index (χ3n) is 2.56. The molecule has 7 heteroatoms. The van der Waals surface area contributed by atoms with Gasteiger partial charge in [0.2, 0.25) is 0 Å². The summed E-state index contributed by atoms with van der Waals surface area (Å²) in [5, 5.41) is 14.8. The van der Waals surface area contributed by atoms with Gasteiger partial charge in [0.05, 0.1) is 17.4 Å². The van der Waals surface area contributed by atoms with Crippen molar-refractivity contribution >= 4 is 17.6 Å². The molecule has 0 aliphatic heterocycles. The Morgan fingerprint density at radius 3 is 2.90 bits per heavy atom. The highest BCUT2D eigenvalue weighted by atomic mass is 19.1. The summed E-state index contributed by atoms with van der Waals surface area (Å²) in [6, 6.07) is 4.36. The monoisotopic (exact) mass is 277 g/mol. The van der Waals surface area contributed by atoms with Crippen LogP contribution in [-0.4, -0.2) is 26.8 Å². The molecule has 0 aliphatic carbocycles. The first-order valence-electron chi connectivity index (χ1n) is 5.77. The van der Waals surface area contributed by atoms with Crippen LogP contribution < -0.4 is 5.32 Å². The number of hydrogen-bond donors (Lipinski definition) is 2. The molecule has 1 amide bonds. The summed E-state index contributed by atoms with van der Waals surface area (Å²) in [5.41, 5.74) is 1.04. The molecule has 0 atom stereocenters. The summed E-state index contributed by atoms with van der Waals surface area (Å²) in [5.74, 6) is -2.15. The fourth-order valence-corrected chi connectivity index (χ4v) is 1.64. The number of carbonyl (C=O) groups is 2. The van der Waals surface area contributed by atoms with E-state index < -0.39 is 17.7 Å². The number of carbonyl (C=O) groups excluding carboxylic acids is 1. The first-order chi connectivity index (χ1) is 9.45. The number of aryl methyl sites for hydroxylation is 1. The van der Waals surface area contributed by atoms with E-state index in [1.54, 1.807) is 13.0 Å². The molecule has 1 heterocycles. The van der Waals surface area contributed by atoms with Crippen molar-refractivity contribution in [3.05, 3.63) is 47.5 Å². The Labute approximate surface area is 113 Å². The van der Waals surface area contributed by atoms with Crippen LogP contribution >= 0.6 is 0 Å². The maximum Gasteiger partial charge on any atom is 0.325 e. The standard InChI is InChI=1S/C13H12FN3O3/c1-8-2-3-10(14)11(4-8)16-13(20)9-5-15-17(6-9)7-12(18)19/h2-6H,7H2,1H3,(H,16,20)(H,18,19). The molecule has 2 N–H and O–H groups in total. The highest BCUT2D eigenvalue weighted by Crippen LogP contribution is 2.16. The van der Waals surface area contributed by atoms with Gasteiger partial charge in [-0.3, -0.25) is 14.3 Å². The van der Waals surface area contributed by atoms with Crippen molar-refractivity contribution in [3.63, 3.8) is 0 Å². The van der Waals surface area contributed by atoms with Gasteiger partial charge in [-0.05, 0) is 24.6 Å². The Kier molecular flexibility index (Phi) is 3.79. The predicted octanol–water partition coefficient (Wildman–Crippen LogP) is 1.67. The number of benzene rings is 1. The summed E-state index contributed by atoms with van der Waals surface area (Å²) < 4.78 is 14.6. The number of carboxylic acid groups (broad SMARTS) is 1. The van der Waals surface area contributed by atoms with Crippen LogP contribution in [-0.2, 0) is 11.3 Å². The number of nitrogens with zero attached hydrogens (tertiary/aromatic N) is 2. The van der Waals surface area contributed by atoms with E-state index in [-0.39, 0.29) is 17.8 Å². The van der Waals surface area contributed by atoms with Gasteiger partial charge in [-0.1, -0.05) is 6.07 Å². The number of halogens is 1. The quantitative estimate of drug-likeness (QED) is 0.890. The van der Waals surface area contributed by atoms with Crippen LogP contribution in [0, 0.1) is 12.7 Å². The number of anilines is 1. The molecule has 1 aromatic heterocycles.